The molecule has 1 unspecified atom stereocenters. The molecule has 5 heteroatoms. The quantitative estimate of drug-likeness (QED) is 0.866. The Bertz CT molecular complexity index is 728. The molecule has 2 aromatic carbocycles. The number of hydrogen-bond donors (Lipinski definition) is 2. The van der Waals surface area contributed by atoms with Crippen LogP contribution in [0.1, 0.15) is 33.9 Å². The second-order valence-electron chi connectivity index (χ2n) is 5.55. The first kappa shape index (κ1) is 15.7. The lowest BCUT2D eigenvalue weighted by Gasteiger charge is -2.14. The van der Waals surface area contributed by atoms with Crippen molar-refractivity contribution in [1.29, 1.82) is 0 Å². The minimum atomic E-state index is -0.250. The lowest BCUT2D eigenvalue weighted by Crippen LogP contribution is -2.38. The van der Waals surface area contributed by atoms with Gasteiger partial charge >= 0.3 is 0 Å². The molecule has 1 aliphatic rings. The third-order valence-corrected chi connectivity index (χ3v) is 4.51. The molecule has 3 rings (SSSR count). The SMILES string of the molecule is O=C(CNC(=O)c1ccc(Br)cc1)NC1CCc2ccccc21. The normalized spacial score (nSPS) is 15.8. The topological polar surface area (TPSA) is 58.2 Å². The van der Waals surface area contributed by atoms with Crippen LogP contribution in [0.5, 0.6) is 0 Å². The maximum absolute atomic E-state index is 12.1. The van der Waals surface area contributed by atoms with Gasteiger partial charge in [0.25, 0.3) is 5.91 Å². The van der Waals surface area contributed by atoms with E-state index in [0.29, 0.717) is 5.56 Å². The van der Waals surface area contributed by atoms with Crippen molar-refractivity contribution < 1.29 is 9.59 Å². The molecule has 0 aliphatic heterocycles. The van der Waals surface area contributed by atoms with Crippen molar-refractivity contribution in [3.05, 3.63) is 69.7 Å². The van der Waals surface area contributed by atoms with E-state index in [1.54, 1.807) is 24.3 Å². The highest BCUT2D eigenvalue weighted by Crippen LogP contribution is 2.30. The molecule has 0 aromatic heterocycles. The van der Waals surface area contributed by atoms with Crippen LogP contribution in [0.15, 0.2) is 53.0 Å². The van der Waals surface area contributed by atoms with Crippen molar-refractivity contribution in [2.45, 2.75) is 18.9 Å². The summed E-state index contributed by atoms with van der Waals surface area (Å²) in [6.45, 7) is -0.0203. The molecule has 0 bridgehead atoms. The largest absolute Gasteiger partial charge is 0.348 e. The summed E-state index contributed by atoms with van der Waals surface area (Å²) in [5, 5.41) is 5.64. The van der Waals surface area contributed by atoms with Crippen LogP contribution >= 0.6 is 15.9 Å². The lowest BCUT2D eigenvalue weighted by atomic mass is 10.1. The maximum atomic E-state index is 12.1. The van der Waals surface area contributed by atoms with Crippen molar-refractivity contribution in [2.24, 2.45) is 0 Å². The fourth-order valence-corrected chi connectivity index (χ4v) is 3.08. The number of carbonyl (C=O) groups is 2. The molecular formula is C18H17BrN2O2. The second-order valence-corrected chi connectivity index (χ2v) is 6.46. The van der Waals surface area contributed by atoms with Crippen LogP contribution in [-0.4, -0.2) is 18.4 Å². The first-order chi connectivity index (χ1) is 11.1. The van der Waals surface area contributed by atoms with E-state index in [9.17, 15) is 9.59 Å². The van der Waals surface area contributed by atoms with Crippen LogP contribution in [0.4, 0.5) is 0 Å². The molecule has 2 N–H and O–H groups in total. The molecule has 0 saturated carbocycles. The fraction of sp³-hybridized carbons (Fsp3) is 0.222. The van der Waals surface area contributed by atoms with Gasteiger partial charge < -0.3 is 10.6 Å². The maximum Gasteiger partial charge on any atom is 0.251 e. The Labute approximate surface area is 143 Å². The zero-order chi connectivity index (χ0) is 16.2. The number of halogens is 1. The van der Waals surface area contributed by atoms with Gasteiger partial charge in [-0.2, -0.15) is 0 Å². The summed E-state index contributed by atoms with van der Waals surface area (Å²) in [5.41, 5.74) is 3.00. The molecule has 0 fully saturated rings. The summed E-state index contributed by atoms with van der Waals surface area (Å²) in [6.07, 6.45) is 1.89. The lowest BCUT2D eigenvalue weighted by molar-refractivity contribution is -0.120. The molecule has 4 nitrogen and oxygen atoms in total. The molecule has 0 spiro atoms. The van der Waals surface area contributed by atoms with Gasteiger partial charge in [0.1, 0.15) is 0 Å². The van der Waals surface area contributed by atoms with Gasteiger partial charge in [-0.15, -0.1) is 0 Å². The number of amides is 2. The second kappa shape index (κ2) is 6.96. The van der Waals surface area contributed by atoms with Crippen molar-refractivity contribution in [1.82, 2.24) is 10.6 Å². The molecule has 118 valence electrons. The van der Waals surface area contributed by atoms with E-state index in [-0.39, 0.29) is 24.4 Å². The molecular weight excluding hydrogens is 356 g/mol. The molecule has 0 radical (unpaired) electrons. The summed E-state index contributed by atoms with van der Waals surface area (Å²) in [6, 6.07) is 15.2. The molecule has 2 amide bonds. The number of nitrogens with one attached hydrogen (secondary N) is 2. The van der Waals surface area contributed by atoms with Gasteiger partial charge in [-0.1, -0.05) is 40.2 Å². The molecule has 0 heterocycles. The third kappa shape index (κ3) is 3.79. The van der Waals surface area contributed by atoms with Gasteiger partial charge in [0.05, 0.1) is 12.6 Å². The number of benzene rings is 2. The average Bonchev–Trinajstić information content (AvgIpc) is 2.96. The highest BCUT2D eigenvalue weighted by atomic mass is 79.9. The Morgan fingerprint density at radius 1 is 1.09 bits per heavy atom. The Morgan fingerprint density at radius 3 is 2.61 bits per heavy atom. The van der Waals surface area contributed by atoms with Crippen LogP contribution in [0.2, 0.25) is 0 Å². The fourth-order valence-electron chi connectivity index (χ4n) is 2.82. The van der Waals surface area contributed by atoms with E-state index in [4.69, 9.17) is 0 Å². The molecule has 1 aliphatic carbocycles. The zero-order valence-electron chi connectivity index (χ0n) is 12.5. The Balaban J connectivity index is 1.52. The van der Waals surface area contributed by atoms with Crippen LogP contribution in [0.25, 0.3) is 0 Å². The minimum absolute atomic E-state index is 0.0203. The number of aryl methyl sites for hydroxylation is 1. The average molecular weight is 373 g/mol. The van der Waals surface area contributed by atoms with Crippen LogP contribution in [0, 0.1) is 0 Å². The predicted octanol–water partition coefficient (Wildman–Crippen LogP) is 2.98. The van der Waals surface area contributed by atoms with Gasteiger partial charge in [0.15, 0.2) is 0 Å². The first-order valence-corrected chi connectivity index (χ1v) is 8.34. The minimum Gasteiger partial charge on any atom is -0.348 e. The van der Waals surface area contributed by atoms with Gasteiger partial charge in [0.2, 0.25) is 5.91 Å². The Hall–Kier alpha value is -2.14. The van der Waals surface area contributed by atoms with Crippen LogP contribution in [0.3, 0.4) is 0 Å². The van der Waals surface area contributed by atoms with E-state index in [0.717, 1.165) is 17.3 Å². The monoisotopic (exact) mass is 372 g/mol. The van der Waals surface area contributed by atoms with Gasteiger partial charge in [-0.05, 0) is 48.2 Å². The summed E-state index contributed by atoms with van der Waals surface area (Å²) in [5.74, 6) is -0.420. The number of rotatable bonds is 4. The number of carbonyl (C=O) groups excluding carboxylic acids is 2. The van der Waals surface area contributed by atoms with E-state index in [2.05, 4.69) is 32.6 Å². The van der Waals surface area contributed by atoms with Crippen LogP contribution in [-0.2, 0) is 11.2 Å². The van der Waals surface area contributed by atoms with Gasteiger partial charge in [0, 0.05) is 10.0 Å². The van der Waals surface area contributed by atoms with E-state index in [1.807, 2.05) is 18.2 Å². The highest BCUT2D eigenvalue weighted by Gasteiger charge is 2.23. The molecule has 1 atom stereocenters. The molecule has 0 saturated heterocycles. The number of fused-ring (bicyclic) bond motifs is 1. The Morgan fingerprint density at radius 2 is 1.83 bits per heavy atom. The summed E-state index contributed by atoms with van der Waals surface area (Å²) < 4.78 is 0.909. The molecule has 23 heavy (non-hydrogen) atoms. The van der Waals surface area contributed by atoms with Crippen molar-refractivity contribution >= 4 is 27.7 Å². The summed E-state index contributed by atoms with van der Waals surface area (Å²) in [4.78, 5) is 24.1. The van der Waals surface area contributed by atoms with Gasteiger partial charge in [-0.3, -0.25) is 9.59 Å². The third-order valence-electron chi connectivity index (χ3n) is 3.98. The number of hydrogen-bond acceptors (Lipinski definition) is 2. The highest BCUT2D eigenvalue weighted by molar-refractivity contribution is 9.10. The van der Waals surface area contributed by atoms with E-state index in [1.165, 1.54) is 11.1 Å². The summed E-state index contributed by atoms with van der Waals surface area (Å²) in [7, 11) is 0. The molecule has 2 aromatic rings. The van der Waals surface area contributed by atoms with Crippen molar-refractivity contribution in [3.8, 4) is 0 Å². The van der Waals surface area contributed by atoms with E-state index >= 15 is 0 Å². The van der Waals surface area contributed by atoms with Gasteiger partial charge in [-0.25, -0.2) is 0 Å². The first-order valence-electron chi connectivity index (χ1n) is 7.54. The standard InChI is InChI=1S/C18H17BrN2O2/c19-14-8-5-13(6-9-14)18(23)20-11-17(22)21-16-10-7-12-3-1-2-4-15(12)16/h1-6,8-9,16H,7,10-11H2,(H,20,23)(H,21,22). The van der Waals surface area contributed by atoms with Crippen LogP contribution < -0.4 is 10.6 Å². The Kier molecular flexibility index (Phi) is 4.76. The van der Waals surface area contributed by atoms with Crippen molar-refractivity contribution in [3.63, 3.8) is 0 Å². The summed E-state index contributed by atoms with van der Waals surface area (Å²) >= 11 is 3.32. The predicted molar refractivity (Wildman–Crippen MR) is 92.1 cm³/mol. The van der Waals surface area contributed by atoms with Crippen molar-refractivity contribution in [2.75, 3.05) is 6.54 Å². The smallest absolute Gasteiger partial charge is 0.251 e. The zero-order valence-corrected chi connectivity index (χ0v) is 14.1. The van der Waals surface area contributed by atoms with E-state index < -0.39 is 0 Å².